The molecule has 0 heterocycles. The molecule has 1 aromatic rings. The summed E-state index contributed by atoms with van der Waals surface area (Å²) in [5, 5.41) is 20.8. The smallest absolute Gasteiger partial charge is 0.258 e. The zero-order chi connectivity index (χ0) is 10.7. The lowest BCUT2D eigenvalue weighted by Gasteiger charge is -1.97. The molecule has 0 amide bonds. The number of hydrogen-bond donors (Lipinski definition) is 0. The standard InChI is InChI=1S/C8H6N2O4/c1-6(9(11)12)7-4-2-3-5-8(7)10(13)14/h2-5H,1H2. The van der Waals surface area contributed by atoms with Gasteiger partial charge in [0.25, 0.3) is 11.4 Å². The summed E-state index contributed by atoms with van der Waals surface area (Å²) in [4.78, 5) is 19.4. The van der Waals surface area contributed by atoms with Crippen molar-refractivity contribution in [2.45, 2.75) is 0 Å². The number of nitrogens with zero attached hydrogens (tertiary/aromatic N) is 2. The van der Waals surface area contributed by atoms with Crippen LogP contribution in [0.2, 0.25) is 0 Å². The predicted octanol–water partition coefficient (Wildman–Crippen LogP) is 1.84. The van der Waals surface area contributed by atoms with Crippen LogP contribution in [-0.2, 0) is 0 Å². The third kappa shape index (κ3) is 1.74. The van der Waals surface area contributed by atoms with E-state index in [-0.39, 0.29) is 11.3 Å². The molecule has 1 aromatic carbocycles. The van der Waals surface area contributed by atoms with E-state index in [0.717, 1.165) is 0 Å². The largest absolute Gasteiger partial charge is 0.283 e. The van der Waals surface area contributed by atoms with Gasteiger partial charge < -0.3 is 0 Å². The summed E-state index contributed by atoms with van der Waals surface area (Å²) in [7, 11) is 0. The first-order chi connectivity index (χ1) is 6.54. The van der Waals surface area contributed by atoms with Crippen molar-refractivity contribution in [3.63, 3.8) is 0 Å². The highest BCUT2D eigenvalue weighted by Gasteiger charge is 2.21. The minimum Gasteiger partial charge on any atom is -0.258 e. The third-order valence-corrected chi connectivity index (χ3v) is 1.63. The van der Waals surface area contributed by atoms with Crippen molar-refractivity contribution in [1.29, 1.82) is 0 Å². The topological polar surface area (TPSA) is 86.3 Å². The molecular formula is C8H6N2O4. The molecule has 0 saturated heterocycles. The fourth-order valence-corrected chi connectivity index (χ4v) is 0.975. The van der Waals surface area contributed by atoms with Crippen LogP contribution < -0.4 is 0 Å². The van der Waals surface area contributed by atoms with Gasteiger partial charge in [-0.1, -0.05) is 12.1 Å². The van der Waals surface area contributed by atoms with Crippen LogP contribution in [0.4, 0.5) is 5.69 Å². The summed E-state index contributed by atoms with van der Waals surface area (Å²) >= 11 is 0. The van der Waals surface area contributed by atoms with Gasteiger partial charge in [0, 0.05) is 6.07 Å². The molecule has 0 bridgehead atoms. The second-order valence-corrected chi connectivity index (χ2v) is 2.48. The number of nitro groups is 2. The van der Waals surface area contributed by atoms with Gasteiger partial charge in [0.1, 0.15) is 5.56 Å². The Morgan fingerprint density at radius 1 is 1.21 bits per heavy atom. The van der Waals surface area contributed by atoms with Crippen LogP contribution in [0.25, 0.3) is 5.70 Å². The summed E-state index contributed by atoms with van der Waals surface area (Å²) in [6.07, 6.45) is 0. The molecule has 0 spiro atoms. The molecule has 0 aliphatic carbocycles. The highest BCUT2D eigenvalue weighted by molar-refractivity contribution is 5.65. The monoisotopic (exact) mass is 194 g/mol. The molecule has 0 radical (unpaired) electrons. The van der Waals surface area contributed by atoms with Gasteiger partial charge in [0.05, 0.1) is 9.85 Å². The van der Waals surface area contributed by atoms with Crippen molar-refractivity contribution in [2.24, 2.45) is 0 Å². The average molecular weight is 194 g/mol. The summed E-state index contributed by atoms with van der Waals surface area (Å²) in [6.45, 7) is 3.16. The Labute approximate surface area is 78.8 Å². The van der Waals surface area contributed by atoms with E-state index < -0.39 is 15.5 Å². The molecule has 1 rings (SSSR count). The predicted molar refractivity (Wildman–Crippen MR) is 49.1 cm³/mol. The zero-order valence-corrected chi connectivity index (χ0v) is 7.04. The van der Waals surface area contributed by atoms with E-state index in [1.807, 2.05) is 0 Å². The quantitative estimate of drug-likeness (QED) is 0.542. The van der Waals surface area contributed by atoms with Crippen LogP contribution in [0.3, 0.4) is 0 Å². The minimum absolute atomic E-state index is 0.0671. The van der Waals surface area contributed by atoms with E-state index in [0.29, 0.717) is 0 Å². The first kappa shape index (κ1) is 9.85. The molecule has 0 unspecified atom stereocenters. The fourth-order valence-electron chi connectivity index (χ4n) is 0.975. The van der Waals surface area contributed by atoms with Gasteiger partial charge in [-0.25, -0.2) is 0 Å². The van der Waals surface area contributed by atoms with Gasteiger partial charge in [-0.2, -0.15) is 0 Å². The molecule has 6 heteroatoms. The van der Waals surface area contributed by atoms with Gasteiger partial charge in [-0.3, -0.25) is 20.2 Å². The molecule has 0 fully saturated rings. The van der Waals surface area contributed by atoms with Gasteiger partial charge in [-0.05, 0) is 12.6 Å². The molecular weight excluding hydrogens is 188 g/mol. The summed E-state index contributed by atoms with van der Waals surface area (Å²) in [5.41, 5.74) is -0.853. The molecule has 0 aliphatic rings. The first-order valence-corrected chi connectivity index (χ1v) is 3.61. The van der Waals surface area contributed by atoms with E-state index in [2.05, 4.69) is 6.58 Å². The number of benzene rings is 1. The van der Waals surface area contributed by atoms with Crippen molar-refractivity contribution >= 4 is 11.4 Å². The van der Waals surface area contributed by atoms with Gasteiger partial charge in [0.15, 0.2) is 0 Å². The molecule has 0 saturated carbocycles. The van der Waals surface area contributed by atoms with Gasteiger partial charge in [0.2, 0.25) is 0 Å². The number of hydrogen-bond acceptors (Lipinski definition) is 4. The van der Waals surface area contributed by atoms with Crippen LogP contribution in [0, 0.1) is 20.2 Å². The van der Waals surface area contributed by atoms with Gasteiger partial charge >= 0.3 is 0 Å². The average Bonchev–Trinajstić information content (AvgIpc) is 2.16. The summed E-state index contributed by atoms with van der Waals surface area (Å²) in [5.74, 6) is 0. The maximum Gasteiger partial charge on any atom is 0.283 e. The van der Waals surface area contributed by atoms with E-state index >= 15 is 0 Å². The number of nitro benzene ring substituents is 1. The summed E-state index contributed by atoms with van der Waals surface area (Å²) in [6, 6.07) is 5.42. The lowest BCUT2D eigenvalue weighted by Crippen LogP contribution is -2.00. The van der Waals surface area contributed by atoms with Crippen LogP contribution in [0.15, 0.2) is 30.8 Å². The van der Waals surface area contributed by atoms with Crippen LogP contribution in [-0.4, -0.2) is 9.85 Å². The zero-order valence-electron chi connectivity index (χ0n) is 7.04. The van der Waals surface area contributed by atoms with E-state index in [4.69, 9.17) is 0 Å². The number of para-hydroxylation sites is 1. The Balaban J connectivity index is 3.27. The lowest BCUT2D eigenvalue weighted by atomic mass is 10.1. The third-order valence-electron chi connectivity index (χ3n) is 1.63. The van der Waals surface area contributed by atoms with Crippen LogP contribution in [0.1, 0.15) is 5.56 Å². The normalized spacial score (nSPS) is 9.43. The number of rotatable bonds is 3. The summed E-state index contributed by atoms with van der Waals surface area (Å²) < 4.78 is 0. The van der Waals surface area contributed by atoms with Crippen LogP contribution >= 0.6 is 0 Å². The van der Waals surface area contributed by atoms with Crippen molar-refractivity contribution in [1.82, 2.24) is 0 Å². The highest BCUT2D eigenvalue weighted by Crippen LogP contribution is 2.24. The van der Waals surface area contributed by atoms with E-state index in [1.165, 1.54) is 24.3 Å². The highest BCUT2D eigenvalue weighted by atomic mass is 16.6. The van der Waals surface area contributed by atoms with Crippen molar-refractivity contribution < 1.29 is 9.85 Å². The molecule has 0 N–H and O–H groups in total. The Morgan fingerprint density at radius 2 is 1.79 bits per heavy atom. The maximum absolute atomic E-state index is 10.5. The first-order valence-electron chi connectivity index (χ1n) is 3.61. The lowest BCUT2D eigenvalue weighted by molar-refractivity contribution is -0.391. The van der Waals surface area contributed by atoms with Gasteiger partial charge in [-0.15, -0.1) is 0 Å². The molecule has 0 aromatic heterocycles. The SMILES string of the molecule is C=C(c1ccccc1[N+](=O)[O-])[N+](=O)[O-]. The van der Waals surface area contributed by atoms with Crippen molar-refractivity contribution in [3.8, 4) is 0 Å². The van der Waals surface area contributed by atoms with E-state index in [9.17, 15) is 20.2 Å². The van der Waals surface area contributed by atoms with Crippen LogP contribution in [0.5, 0.6) is 0 Å². The molecule has 0 aliphatic heterocycles. The molecule has 72 valence electrons. The van der Waals surface area contributed by atoms with Crippen molar-refractivity contribution in [2.75, 3.05) is 0 Å². The molecule has 6 nitrogen and oxygen atoms in total. The Kier molecular flexibility index (Phi) is 2.57. The second-order valence-electron chi connectivity index (χ2n) is 2.48. The Morgan fingerprint density at radius 3 is 2.29 bits per heavy atom. The molecule has 14 heavy (non-hydrogen) atoms. The van der Waals surface area contributed by atoms with Crippen molar-refractivity contribution in [3.05, 3.63) is 56.6 Å². The maximum atomic E-state index is 10.5. The minimum atomic E-state index is -0.748. The van der Waals surface area contributed by atoms with E-state index in [1.54, 1.807) is 0 Å². The second kappa shape index (κ2) is 3.65. The Hall–Kier alpha value is -2.24. The molecule has 0 atom stereocenters. The Bertz CT molecular complexity index is 414. The fraction of sp³-hybridized carbons (Fsp3) is 0.